The van der Waals surface area contributed by atoms with Gasteiger partial charge in [-0.25, -0.2) is 0 Å². The quantitative estimate of drug-likeness (QED) is 0.473. The summed E-state index contributed by atoms with van der Waals surface area (Å²) in [5.74, 6) is 1.55. The standard InChI is InChI=1S/C27H21N3O3/c1-31-25-10-19-4-17-8-23(14-29)27(33-3)12-21(17)6-18-9-24(15-30)26(32-2)11-20(18)5-16(19)7-22(25)13-28/h7-12H,4-6H2,1-3H3. The van der Waals surface area contributed by atoms with E-state index in [1.165, 1.54) is 0 Å². The van der Waals surface area contributed by atoms with Crippen LogP contribution < -0.4 is 14.2 Å². The van der Waals surface area contributed by atoms with Crippen molar-refractivity contribution in [3.05, 3.63) is 86.5 Å². The molecule has 0 radical (unpaired) electrons. The van der Waals surface area contributed by atoms with Gasteiger partial charge in [0, 0.05) is 0 Å². The van der Waals surface area contributed by atoms with Crippen molar-refractivity contribution in [2.75, 3.05) is 21.3 Å². The van der Waals surface area contributed by atoms with E-state index in [2.05, 4.69) is 18.2 Å². The van der Waals surface area contributed by atoms with Crippen molar-refractivity contribution < 1.29 is 14.2 Å². The molecule has 6 nitrogen and oxygen atoms in total. The molecule has 0 saturated carbocycles. The summed E-state index contributed by atoms with van der Waals surface area (Å²) in [6, 6.07) is 17.9. The molecule has 0 N–H and O–H groups in total. The largest absolute Gasteiger partial charge is 0.495 e. The monoisotopic (exact) mass is 435 g/mol. The van der Waals surface area contributed by atoms with Gasteiger partial charge in [-0.15, -0.1) is 0 Å². The molecule has 0 unspecified atom stereocenters. The summed E-state index contributed by atoms with van der Waals surface area (Å²) in [6.45, 7) is 0. The molecule has 0 spiro atoms. The number of fused-ring (bicyclic) bond motifs is 3. The van der Waals surface area contributed by atoms with Crippen molar-refractivity contribution in [2.24, 2.45) is 0 Å². The van der Waals surface area contributed by atoms with E-state index in [1.54, 1.807) is 21.3 Å². The van der Waals surface area contributed by atoms with Crippen LogP contribution in [0.2, 0.25) is 0 Å². The molecule has 3 aromatic carbocycles. The first-order chi connectivity index (χ1) is 16.0. The number of hydrogen-bond acceptors (Lipinski definition) is 6. The maximum absolute atomic E-state index is 9.63. The van der Waals surface area contributed by atoms with Gasteiger partial charge in [0.1, 0.15) is 35.5 Å². The highest BCUT2D eigenvalue weighted by molar-refractivity contribution is 5.58. The molecule has 0 fully saturated rings. The Hall–Kier alpha value is -4.47. The number of benzene rings is 3. The van der Waals surface area contributed by atoms with E-state index in [-0.39, 0.29) is 0 Å². The highest BCUT2D eigenvalue weighted by Crippen LogP contribution is 2.35. The van der Waals surface area contributed by atoms with Crippen molar-refractivity contribution in [2.45, 2.75) is 19.3 Å². The molecule has 0 saturated heterocycles. The fraction of sp³-hybridized carbons (Fsp3) is 0.222. The summed E-state index contributed by atoms with van der Waals surface area (Å²) >= 11 is 0. The summed E-state index contributed by atoms with van der Waals surface area (Å²) < 4.78 is 16.4. The molecule has 4 rings (SSSR count). The molecule has 0 bridgehead atoms. The molecular formula is C27H21N3O3. The first kappa shape index (κ1) is 21.8. The fourth-order valence-electron chi connectivity index (χ4n) is 4.37. The first-order valence-electron chi connectivity index (χ1n) is 10.3. The Labute approximate surface area is 192 Å². The zero-order valence-electron chi connectivity index (χ0n) is 18.7. The van der Waals surface area contributed by atoms with Crippen LogP contribution in [0.1, 0.15) is 50.1 Å². The van der Waals surface area contributed by atoms with Crippen LogP contribution >= 0.6 is 0 Å². The molecule has 1 aliphatic rings. The van der Waals surface area contributed by atoms with E-state index in [0.717, 1.165) is 33.4 Å². The second-order valence-electron chi connectivity index (χ2n) is 7.83. The lowest BCUT2D eigenvalue weighted by Gasteiger charge is -2.15. The summed E-state index contributed by atoms with van der Waals surface area (Å²) in [7, 11) is 4.65. The molecule has 162 valence electrons. The third kappa shape index (κ3) is 3.93. The Morgan fingerprint density at radius 3 is 0.939 bits per heavy atom. The first-order valence-corrected chi connectivity index (χ1v) is 10.3. The van der Waals surface area contributed by atoms with E-state index < -0.39 is 0 Å². The van der Waals surface area contributed by atoms with Crippen molar-refractivity contribution in [1.82, 2.24) is 0 Å². The van der Waals surface area contributed by atoms with Gasteiger partial charge in [-0.05, 0) is 89.0 Å². The summed E-state index contributed by atoms with van der Waals surface area (Å²) in [5, 5.41) is 28.9. The number of rotatable bonds is 3. The van der Waals surface area contributed by atoms with Gasteiger partial charge < -0.3 is 14.2 Å². The Morgan fingerprint density at radius 2 is 0.727 bits per heavy atom. The highest BCUT2D eigenvalue weighted by atomic mass is 16.5. The van der Waals surface area contributed by atoms with Crippen molar-refractivity contribution >= 4 is 0 Å². The van der Waals surface area contributed by atoms with Gasteiger partial charge in [-0.1, -0.05) is 0 Å². The van der Waals surface area contributed by atoms with Gasteiger partial charge in [0.2, 0.25) is 0 Å². The Bertz CT molecular complexity index is 1220. The van der Waals surface area contributed by atoms with Crippen molar-refractivity contribution in [1.29, 1.82) is 15.8 Å². The lowest BCUT2D eigenvalue weighted by Crippen LogP contribution is -2.02. The van der Waals surface area contributed by atoms with Gasteiger partial charge in [-0.2, -0.15) is 15.8 Å². The molecule has 0 aliphatic heterocycles. The van der Waals surface area contributed by atoms with Crippen molar-refractivity contribution in [3.8, 4) is 35.5 Å². The maximum Gasteiger partial charge on any atom is 0.136 e. The lowest BCUT2D eigenvalue weighted by molar-refractivity contribution is 0.412. The van der Waals surface area contributed by atoms with Crippen LogP contribution in [-0.2, 0) is 19.3 Å². The van der Waals surface area contributed by atoms with Gasteiger partial charge in [0.05, 0.1) is 38.0 Å². The molecule has 0 atom stereocenters. The summed E-state index contributed by atoms with van der Waals surface area (Å²) in [5.41, 5.74) is 7.39. The van der Waals surface area contributed by atoms with E-state index in [1.807, 2.05) is 36.4 Å². The van der Waals surface area contributed by atoms with Crippen LogP contribution in [0.4, 0.5) is 0 Å². The second-order valence-corrected chi connectivity index (χ2v) is 7.83. The normalized spacial score (nSPS) is 11.6. The fourth-order valence-corrected chi connectivity index (χ4v) is 4.37. The maximum atomic E-state index is 9.63. The minimum Gasteiger partial charge on any atom is -0.495 e. The smallest absolute Gasteiger partial charge is 0.136 e. The number of methoxy groups -OCH3 is 3. The third-order valence-electron chi connectivity index (χ3n) is 6.07. The molecule has 1 aliphatic carbocycles. The predicted octanol–water partition coefficient (Wildman–Crippen LogP) is 4.41. The zero-order chi connectivity index (χ0) is 23.5. The van der Waals surface area contributed by atoms with E-state index in [9.17, 15) is 15.8 Å². The molecule has 6 heteroatoms. The van der Waals surface area contributed by atoms with Crippen LogP contribution in [0.15, 0.2) is 36.4 Å². The molecule has 0 heterocycles. The topological polar surface area (TPSA) is 99.1 Å². The van der Waals surface area contributed by atoms with Crippen LogP contribution in [0.25, 0.3) is 0 Å². The van der Waals surface area contributed by atoms with Crippen molar-refractivity contribution in [3.63, 3.8) is 0 Å². The van der Waals surface area contributed by atoms with Crippen LogP contribution in [0, 0.1) is 34.0 Å². The lowest BCUT2D eigenvalue weighted by atomic mass is 9.92. The van der Waals surface area contributed by atoms with E-state index in [0.29, 0.717) is 53.2 Å². The average molecular weight is 435 g/mol. The van der Waals surface area contributed by atoms with Crippen LogP contribution in [0.3, 0.4) is 0 Å². The van der Waals surface area contributed by atoms with Gasteiger partial charge in [-0.3, -0.25) is 0 Å². The predicted molar refractivity (Wildman–Crippen MR) is 122 cm³/mol. The zero-order valence-corrected chi connectivity index (χ0v) is 18.7. The number of ether oxygens (including phenoxy) is 3. The van der Waals surface area contributed by atoms with Crippen LogP contribution in [-0.4, -0.2) is 21.3 Å². The Morgan fingerprint density at radius 1 is 0.485 bits per heavy atom. The molecule has 0 aromatic heterocycles. The third-order valence-corrected chi connectivity index (χ3v) is 6.07. The molecule has 0 amide bonds. The second kappa shape index (κ2) is 8.95. The molecule has 3 aromatic rings. The number of nitriles is 3. The SMILES string of the molecule is COc1cc2c(cc1C#N)Cc1cc(OC)c(C#N)cc1Cc1cc(OC)c(C#N)cc1C2. The molecular weight excluding hydrogens is 414 g/mol. The Balaban J connectivity index is 2.03. The summed E-state index contributed by atoms with van der Waals surface area (Å²) in [4.78, 5) is 0. The van der Waals surface area contributed by atoms with E-state index >= 15 is 0 Å². The number of hydrogen-bond donors (Lipinski definition) is 0. The number of nitrogens with zero attached hydrogens (tertiary/aromatic N) is 3. The van der Waals surface area contributed by atoms with E-state index in [4.69, 9.17) is 14.2 Å². The van der Waals surface area contributed by atoms with Gasteiger partial charge >= 0.3 is 0 Å². The van der Waals surface area contributed by atoms with Gasteiger partial charge in [0.15, 0.2) is 0 Å². The minimum absolute atomic E-state index is 0.463. The average Bonchev–Trinajstić information content (AvgIpc) is 2.90. The highest BCUT2D eigenvalue weighted by Gasteiger charge is 2.21. The Kier molecular flexibility index (Phi) is 5.90. The minimum atomic E-state index is 0.463. The van der Waals surface area contributed by atoms with Gasteiger partial charge in [0.25, 0.3) is 0 Å². The van der Waals surface area contributed by atoms with Crippen LogP contribution in [0.5, 0.6) is 17.2 Å². The molecule has 33 heavy (non-hydrogen) atoms. The summed E-state index contributed by atoms with van der Waals surface area (Å²) in [6.07, 6.45) is 1.71.